The second-order valence-electron chi connectivity index (χ2n) is 5.06. The molecule has 0 spiro atoms. The summed E-state index contributed by atoms with van der Waals surface area (Å²) in [6, 6.07) is 4.54. The van der Waals surface area contributed by atoms with E-state index < -0.39 is 29.2 Å². The first-order valence-electron chi connectivity index (χ1n) is 6.64. The maximum Gasteiger partial charge on any atom is 0.319 e. The Kier molecular flexibility index (Phi) is 5.07. The third kappa shape index (κ3) is 3.59. The molecule has 0 aliphatic heterocycles. The van der Waals surface area contributed by atoms with E-state index in [0.29, 0.717) is 0 Å². The molecule has 118 valence electrons. The average Bonchev–Trinajstić information content (AvgIpc) is 2.99. The number of hydrogen-bond donors (Lipinski definition) is 2. The van der Waals surface area contributed by atoms with E-state index >= 15 is 0 Å². The lowest BCUT2D eigenvalue weighted by molar-refractivity contribution is 0.245. The predicted molar refractivity (Wildman–Crippen MR) is 80.4 cm³/mol. The Morgan fingerprint density at radius 3 is 2.45 bits per heavy atom. The minimum absolute atomic E-state index is 0.110. The summed E-state index contributed by atoms with van der Waals surface area (Å²) in [5, 5.41) is 6.79. The van der Waals surface area contributed by atoms with Crippen molar-refractivity contribution >= 4 is 23.1 Å². The fourth-order valence-electron chi connectivity index (χ4n) is 1.96. The van der Waals surface area contributed by atoms with Crippen LogP contribution in [-0.4, -0.2) is 6.03 Å². The first-order valence-corrected chi connectivity index (χ1v) is 7.52. The van der Waals surface area contributed by atoms with Gasteiger partial charge in [0.25, 0.3) is 0 Å². The topological polar surface area (TPSA) is 41.1 Å². The van der Waals surface area contributed by atoms with E-state index in [4.69, 9.17) is 0 Å². The van der Waals surface area contributed by atoms with E-state index in [-0.39, 0.29) is 12.0 Å². The van der Waals surface area contributed by atoms with Crippen LogP contribution in [0.3, 0.4) is 0 Å². The van der Waals surface area contributed by atoms with Gasteiger partial charge in [0.1, 0.15) is 0 Å². The van der Waals surface area contributed by atoms with Crippen LogP contribution in [0.1, 0.15) is 24.8 Å². The van der Waals surface area contributed by atoms with E-state index in [1.54, 1.807) is 0 Å². The molecule has 1 aromatic heterocycles. The van der Waals surface area contributed by atoms with Crippen LogP contribution >= 0.6 is 11.3 Å². The highest BCUT2D eigenvalue weighted by molar-refractivity contribution is 7.10. The maximum absolute atomic E-state index is 13.5. The van der Waals surface area contributed by atoms with E-state index in [2.05, 4.69) is 10.6 Å². The molecule has 0 aliphatic rings. The predicted octanol–water partition coefficient (Wildman–Crippen LogP) is 4.68. The van der Waals surface area contributed by atoms with Gasteiger partial charge in [0.05, 0.1) is 11.7 Å². The van der Waals surface area contributed by atoms with Crippen molar-refractivity contribution in [2.24, 2.45) is 5.92 Å². The number of urea groups is 1. The second kappa shape index (κ2) is 6.83. The molecule has 2 rings (SSSR count). The highest BCUT2D eigenvalue weighted by Gasteiger charge is 2.21. The summed E-state index contributed by atoms with van der Waals surface area (Å²) in [6.45, 7) is 3.87. The van der Waals surface area contributed by atoms with Gasteiger partial charge in [0.2, 0.25) is 0 Å². The van der Waals surface area contributed by atoms with Gasteiger partial charge in [0, 0.05) is 4.88 Å². The first-order chi connectivity index (χ1) is 10.4. The molecule has 0 saturated carbocycles. The Labute approximate surface area is 130 Å². The molecule has 1 heterocycles. The normalized spacial score (nSPS) is 12.3. The zero-order valence-electron chi connectivity index (χ0n) is 12.0. The number of carbonyl (C=O) groups excluding carboxylic acids is 1. The number of halogens is 3. The Morgan fingerprint density at radius 1 is 1.14 bits per heavy atom. The standard InChI is InChI=1S/C15H15F3N2OS/c1-8(2)14(11-4-3-7-22-11)20-15(21)19-10-6-5-9(16)12(17)13(10)18/h3-8,14H,1-2H3,(H2,19,20,21). The van der Waals surface area contributed by atoms with Gasteiger partial charge in [-0.2, -0.15) is 0 Å². The van der Waals surface area contributed by atoms with Crippen LogP contribution in [0.5, 0.6) is 0 Å². The highest BCUT2D eigenvalue weighted by atomic mass is 32.1. The van der Waals surface area contributed by atoms with Gasteiger partial charge in [-0.15, -0.1) is 11.3 Å². The molecule has 0 fully saturated rings. The van der Waals surface area contributed by atoms with Crippen LogP contribution in [-0.2, 0) is 0 Å². The third-order valence-electron chi connectivity index (χ3n) is 3.09. The quantitative estimate of drug-likeness (QED) is 0.786. The molecule has 22 heavy (non-hydrogen) atoms. The molecular weight excluding hydrogens is 313 g/mol. The molecule has 7 heteroatoms. The van der Waals surface area contributed by atoms with Crippen molar-refractivity contribution in [3.8, 4) is 0 Å². The molecule has 1 unspecified atom stereocenters. The Bertz CT molecular complexity index is 659. The minimum atomic E-state index is -1.61. The van der Waals surface area contributed by atoms with E-state index in [9.17, 15) is 18.0 Å². The second-order valence-corrected chi connectivity index (χ2v) is 6.04. The Hall–Kier alpha value is -2.02. The summed E-state index contributed by atoms with van der Waals surface area (Å²) in [7, 11) is 0. The lowest BCUT2D eigenvalue weighted by atomic mass is 10.0. The summed E-state index contributed by atoms with van der Waals surface area (Å²) < 4.78 is 39.5. The van der Waals surface area contributed by atoms with Gasteiger partial charge in [-0.3, -0.25) is 0 Å². The molecule has 1 aromatic carbocycles. The maximum atomic E-state index is 13.5. The largest absolute Gasteiger partial charge is 0.330 e. The van der Waals surface area contributed by atoms with Crippen molar-refractivity contribution in [3.05, 3.63) is 52.0 Å². The van der Waals surface area contributed by atoms with Gasteiger partial charge in [-0.1, -0.05) is 19.9 Å². The molecule has 2 aromatic rings. The van der Waals surface area contributed by atoms with Gasteiger partial charge in [-0.25, -0.2) is 18.0 Å². The summed E-state index contributed by atoms with van der Waals surface area (Å²) in [5.74, 6) is -4.23. The SMILES string of the molecule is CC(C)C(NC(=O)Nc1ccc(F)c(F)c1F)c1cccs1. The molecule has 0 radical (unpaired) electrons. The van der Waals surface area contributed by atoms with Crippen LogP contribution in [0.4, 0.5) is 23.7 Å². The van der Waals surface area contributed by atoms with Gasteiger partial charge in [-0.05, 0) is 29.5 Å². The lowest BCUT2D eigenvalue weighted by Crippen LogP contribution is -2.35. The van der Waals surface area contributed by atoms with E-state index in [1.807, 2.05) is 31.4 Å². The Balaban J connectivity index is 2.11. The summed E-state index contributed by atoms with van der Waals surface area (Å²) in [6.07, 6.45) is 0. The number of benzene rings is 1. The van der Waals surface area contributed by atoms with Crippen molar-refractivity contribution < 1.29 is 18.0 Å². The van der Waals surface area contributed by atoms with Crippen LogP contribution in [0.15, 0.2) is 29.6 Å². The number of hydrogen-bond acceptors (Lipinski definition) is 2. The number of nitrogens with one attached hydrogen (secondary N) is 2. The molecule has 0 saturated heterocycles. The van der Waals surface area contributed by atoms with E-state index in [1.165, 1.54) is 11.3 Å². The highest BCUT2D eigenvalue weighted by Crippen LogP contribution is 2.26. The number of anilines is 1. The monoisotopic (exact) mass is 328 g/mol. The van der Waals surface area contributed by atoms with Crippen molar-refractivity contribution in [1.82, 2.24) is 5.32 Å². The number of amides is 2. The first kappa shape index (κ1) is 16.4. The fourth-order valence-corrected chi connectivity index (χ4v) is 2.91. The summed E-state index contributed by atoms with van der Waals surface area (Å²) in [5.41, 5.74) is -0.412. The minimum Gasteiger partial charge on any atom is -0.330 e. The zero-order chi connectivity index (χ0) is 16.3. The van der Waals surface area contributed by atoms with Crippen LogP contribution in [0.2, 0.25) is 0 Å². The molecule has 3 nitrogen and oxygen atoms in total. The number of rotatable bonds is 4. The van der Waals surface area contributed by atoms with Crippen LogP contribution < -0.4 is 10.6 Å². The number of carbonyl (C=O) groups is 1. The molecule has 0 bridgehead atoms. The van der Waals surface area contributed by atoms with Gasteiger partial charge in [0.15, 0.2) is 17.5 Å². The molecule has 2 amide bonds. The third-order valence-corrected chi connectivity index (χ3v) is 4.04. The van der Waals surface area contributed by atoms with Gasteiger partial charge >= 0.3 is 6.03 Å². The molecule has 0 aliphatic carbocycles. The zero-order valence-corrected chi connectivity index (χ0v) is 12.8. The number of thiophene rings is 1. The van der Waals surface area contributed by atoms with Crippen LogP contribution in [0.25, 0.3) is 0 Å². The van der Waals surface area contributed by atoms with Crippen molar-refractivity contribution in [2.45, 2.75) is 19.9 Å². The van der Waals surface area contributed by atoms with Crippen LogP contribution in [0, 0.1) is 23.4 Å². The van der Waals surface area contributed by atoms with Gasteiger partial charge < -0.3 is 10.6 Å². The lowest BCUT2D eigenvalue weighted by Gasteiger charge is -2.21. The summed E-state index contributed by atoms with van der Waals surface area (Å²) >= 11 is 1.49. The summed E-state index contributed by atoms with van der Waals surface area (Å²) in [4.78, 5) is 12.9. The molecule has 1 atom stereocenters. The molecule has 2 N–H and O–H groups in total. The van der Waals surface area contributed by atoms with Crippen molar-refractivity contribution in [1.29, 1.82) is 0 Å². The average molecular weight is 328 g/mol. The Morgan fingerprint density at radius 2 is 1.86 bits per heavy atom. The van der Waals surface area contributed by atoms with Crippen molar-refractivity contribution in [2.75, 3.05) is 5.32 Å². The smallest absolute Gasteiger partial charge is 0.319 e. The fraction of sp³-hybridized carbons (Fsp3) is 0.267. The molecular formula is C15H15F3N2OS. The van der Waals surface area contributed by atoms with Crippen molar-refractivity contribution in [3.63, 3.8) is 0 Å². The van der Waals surface area contributed by atoms with E-state index in [0.717, 1.165) is 17.0 Å².